The van der Waals surface area contributed by atoms with Crippen LogP contribution >= 0.6 is 11.3 Å². The number of hydrogen-bond acceptors (Lipinski definition) is 3. The normalized spacial score (nSPS) is 13.2. The molecule has 1 atom stereocenters. The average molecular weight is 254 g/mol. The van der Waals surface area contributed by atoms with Crippen LogP contribution in [0, 0.1) is 12.8 Å². The quantitative estimate of drug-likeness (QED) is 0.895. The summed E-state index contributed by atoms with van der Waals surface area (Å²) in [7, 11) is 0. The molecule has 1 heterocycles. The summed E-state index contributed by atoms with van der Waals surface area (Å²) in [5.74, 6) is 0.826. The lowest BCUT2D eigenvalue weighted by Gasteiger charge is -2.16. The topological polar surface area (TPSA) is 42.0 Å². The van der Waals surface area contributed by atoms with Crippen LogP contribution in [-0.2, 0) is 0 Å². The second kappa shape index (κ2) is 5.63. The number of rotatable bonds is 4. The fourth-order valence-electron chi connectivity index (χ4n) is 1.31. The van der Waals surface area contributed by atoms with Crippen molar-refractivity contribution in [1.29, 1.82) is 0 Å². The maximum atomic E-state index is 12.1. The second-order valence-corrected chi connectivity index (χ2v) is 6.16. The minimum Gasteiger partial charge on any atom is -0.349 e. The van der Waals surface area contributed by atoms with Crippen LogP contribution in [0.5, 0.6) is 0 Å². The molecular formula is C13H22N2OS. The fourth-order valence-corrected chi connectivity index (χ4v) is 2.29. The van der Waals surface area contributed by atoms with Crippen LogP contribution in [-0.4, -0.2) is 16.9 Å². The van der Waals surface area contributed by atoms with Crippen LogP contribution in [0.15, 0.2) is 0 Å². The summed E-state index contributed by atoms with van der Waals surface area (Å²) in [5, 5.41) is 4.05. The van der Waals surface area contributed by atoms with Crippen LogP contribution in [0.3, 0.4) is 0 Å². The third-order valence-corrected chi connectivity index (χ3v) is 4.33. The summed E-state index contributed by atoms with van der Waals surface area (Å²) in [6.07, 6.45) is 0. The molecule has 1 N–H and O–H groups in total. The van der Waals surface area contributed by atoms with Crippen molar-refractivity contribution >= 4 is 17.2 Å². The minimum absolute atomic E-state index is 0.00750. The van der Waals surface area contributed by atoms with E-state index >= 15 is 0 Å². The Kier molecular flexibility index (Phi) is 4.69. The Morgan fingerprint density at radius 1 is 1.24 bits per heavy atom. The number of hydrogen-bond donors (Lipinski definition) is 1. The number of nitrogens with one attached hydrogen (secondary N) is 1. The van der Waals surface area contributed by atoms with Gasteiger partial charge in [0.2, 0.25) is 0 Å². The summed E-state index contributed by atoms with van der Waals surface area (Å²) >= 11 is 1.51. The number of carbonyl (C=O) groups is 1. The van der Waals surface area contributed by atoms with Crippen LogP contribution in [0.1, 0.15) is 60.9 Å². The summed E-state index contributed by atoms with van der Waals surface area (Å²) in [5.41, 5.74) is 0.840. The monoisotopic (exact) mass is 254 g/mol. The Balaban J connectivity index is 2.82. The van der Waals surface area contributed by atoms with Crippen molar-refractivity contribution in [2.24, 2.45) is 5.92 Å². The van der Waals surface area contributed by atoms with E-state index < -0.39 is 0 Å². The maximum absolute atomic E-state index is 12.1. The van der Waals surface area contributed by atoms with E-state index in [9.17, 15) is 4.79 Å². The smallest absolute Gasteiger partial charge is 0.263 e. The number of aromatic nitrogens is 1. The second-order valence-electron chi connectivity index (χ2n) is 5.13. The van der Waals surface area contributed by atoms with E-state index in [1.54, 1.807) is 0 Å². The zero-order chi connectivity index (χ0) is 13.2. The maximum Gasteiger partial charge on any atom is 0.263 e. The van der Waals surface area contributed by atoms with Gasteiger partial charge in [0.1, 0.15) is 4.88 Å². The third kappa shape index (κ3) is 3.53. The number of nitrogens with zero attached hydrogens (tertiary/aromatic N) is 1. The van der Waals surface area contributed by atoms with Gasteiger partial charge in [-0.25, -0.2) is 4.98 Å². The molecular weight excluding hydrogens is 232 g/mol. The molecule has 4 heteroatoms. The van der Waals surface area contributed by atoms with Gasteiger partial charge < -0.3 is 5.32 Å². The molecule has 96 valence electrons. The van der Waals surface area contributed by atoms with Crippen molar-refractivity contribution in [3.8, 4) is 0 Å². The molecule has 0 spiro atoms. The summed E-state index contributed by atoms with van der Waals surface area (Å²) in [6.45, 7) is 12.3. The molecule has 0 radical (unpaired) electrons. The van der Waals surface area contributed by atoms with Crippen molar-refractivity contribution in [3.05, 3.63) is 15.6 Å². The van der Waals surface area contributed by atoms with Gasteiger partial charge in [-0.3, -0.25) is 4.79 Å². The van der Waals surface area contributed by atoms with Crippen LogP contribution in [0.25, 0.3) is 0 Å². The van der Waals surface area contributed by atoms with Crippen LogP contribution in [0.4, 0.5) is 0 Å². The number of carbonyl (C=O) groups excluding carboxylic acids is 1. The summed E-state index contributed by atoms with van der Waals surface area (Å²) in [6, 6.07) is 0.187. The Labute approximate surface area is 108 Å². The molecule has 0 saturated heterocycles. The largest absolute Gasteiger partial charge is 0.349 e. The van der Waals surface area contributed by atoms with Crippen molar-refractivity contribution in [2.75, 3.05) is 0 Å². The zero-order valence-corrected chi connectivity index (χ0v) is 12.3. The average Bonchev–Trinajstić information content (AvgIpc) is 2.60. The van der Waals surface area contributed by atoms with Gasteiger partial charge in [0.15, 0.2) is 0 Å². The van der Waals surface area contributed by atoms with E-state index in [0.29, 0.717) is 11.8 Å². The van der Waals surface area contributed by atoms with Crippen molar-refractivity contribution in [3.63, 3.8) is 0 Å². The van der Waals surface area contributed by atoms with Gasteiger partial charge in [-0.15, -0.1) is 11.3 Å². The van der Waals surface area contributed by atoms with Gasteiger partial charge in [-0.1, -0.05) is 27.7 Å². The first-order chi connectivity index (χ1) is 7.82. The summed E-state index contributed by atoms with van der Waals surface area (Å²) in [4.78, 5) is 17.3. The number of thiazole rings is 1. The lowest BCUT2D eigenvalue weighted by molar-refractivity contribution is 0.0934. The molecule has 0 aliphatic rings. The molecule has 3 nitrogen and oxygen atoms in total. The van der Waals surface area contributed by atoms with E-state index in [-0.39, 0.29) is 11.9 Å². The molecule has 0 saturated carbocycles. The highest BCUT2D eigenvalue weighted by molar-refractivity contribution is 7.13. The molecule has 0 aromatic carbocycles. The predicted molar refractivity (Wildman–Crippen MR) is 72.7 cm³/mol. The van der Waals surface area contributed by atoms with Crippen LogP contribution < -0.4 is 5.32 Å². The van der Waals surface area contributed by atoms with E-state index in [2.05, 4.69) is 38.0 Å². The van der Waals surface area contributed by atoms with Crippen molar-refractivity contribution in [2.45, 2.75) is 53.5 Å². The molecule has 0 unspecified atom stereocenters. The van der Waals surface area contributed by atoms with E-state index in [0.717, 1.165) is 15.6 Å². The molecule has 1 aromatic heterocycles. The van der Waals surface area contributed by atoms with E-state index in [4.69, 9.17) is 0 Å². The van der Waals surface area contributed by atoms with E-state index in [1.165, 1.54) is 11.3 Å². The molecule has 1 aromatic rings. The van der Waals surface area contributed by atoms with Crippen molar-refractivity contribution < 1.29 is 4.79 Å². The highest BCUT2D eigenvalue weighted by Crippen LogP contribution is 2.24. The number of amides is 1. The van der Waals surface area contributed by atoms with Gasteiger partial charge in [0.25, 0.3) is 5.91 Å². The van der Waals surface area contributed by atoms with Crippen LogP contribution in [0.2, 0.25) is 0 Å². The highest BCUT2D eigenvalue weighted by Gasteiger charge is 2.19. The summed E-state index contributed by atoms with van der Waals surface area (Å²) < 4.78 is 0. The first-order valence-electron chi connectivity index (χ1n) is 6.11. The Bertz CT molecular complexity index is 396. The molecule has 0 bridgehead atoms. The molecule has 0 fully saturated rings. The molecule has 17 heavy (non-hydrogen) atoms. The van der Waals surface area contributed by atoms with Gasteiger partial charge >= 0.3 is 0 Å². The Hall–Kier alpha value is -0.900. The molecule has 0 aliphatic heterocycles. The Morgan fingerprint density at radius 3 is 2.24 bits per heavy atom. The van der Waals surface area contributed by atoms with Gasteiger partial charge in [-0.2, -0.15) is 0 Å². The number of aryl methyl sites for hydroxylation is 1. The zero-order valence-electron chi connectivity index (χ0n) is 11.5. The van der Waals surface area contributed by atoms with Crippen molar-refractivity contribution in [1.82, 2.24) is 10.3 Å². The molecule has 1 amide bonds. The molecule has 0 aliphatic carbocycles. The third-order valence-electron chi connectivity index (χ3n) is 2.87. The Morgan fingerprint density at radius 2 is 1.82 bits per heavy atom. The predicted octanol–water partition coefficient (Wildman–Crippen LogP) is 3.35. The fraction of sp³-hybridized carbons (Fsp3) is 0.692. The van der Waals surface area contributed by atoms with E-state index in [1.807, 2.05) is 13.8 Å². The first kappa shape index (κ1) is 14.2. The minimum atomic E-state index is 0.00750. The SMILES string of the molecule is Cc1nc(C(C)C)sc1C(=O)N[C@@H](C)C(C)C. The highest BCUT2D eigenvalue weighted by atomic mass is 32.1. The standard InChI is InChI=1S/C13H22N2OS/c1-7(2)9(5)14-12(16)11-10(6)15-13(17-11)8(3)4/h7-9H,1-6H3,(H,14,16)/t9-/m0/s1. The van der Waals surface area contributed by atoms with Gasteiger partial charge in [-0.05, 0) is 19.8 Å². The van der Waals surface area contributed by atoms with Gasteiger partial charge in [0, 0.05) is 12.0 Å². The lowest BCUT2D eigenvalue weighted by atomic mass is 10.1. The lowest BCUT2D eigenvalue weighted by Crippen LogP contribution is -2.35. The first-order valence-corrected chi connectivity index (χ1v) is 6.92. The van der Waals surface area contributed by atoms with Gasteiger partial charge in [0.05, 0.1) is 10.7 Å². The molecule has 1 rings (SSSR count).